The van der Waals surface area contributed by atoms with Crippen molar-refractivity contribution < 1.29 is 33.6 Å². The van der Waals surface area contributed by atoms with E-state index in [2.05, 4.69) is 0 Å². The monoisotopic (exact) mass is 383 g/mol. The van der Waals surface area contributed by atoms with Crippen LogP contribution in [0.3, 0.4) is 0 Å². The number of nitrogens with zero attached hydrogens (tertiary/aromatic N) is 1. The highest BCUT2D eigenvalue weighted by molar-refractivity contribution is 5.77. The number of methoxy groups -OCH3 is 2. The molecule has 0 saturated carbocycles. The molecule has 1 aromatic rings. The van der Waals surface area contributed by atoms with Gasteiger partial charge < -0.3 is 29.0 Å². The number of hydrogen-bond donors (Lipinski definition) is 1. The summed E-state index contributed by atoms with van der Waals surface area (Å²) < 4.78 is 20.8. The van der Waals surface area contributed by atoms with Gasteiger partial charge in [-0.2, -0.15) is 0 Å². The van der Waals surface area contributed by atoms with Crippen LogP contribution in [0.4, 0.5) is 0 Å². The van der Waals surface area contributed by atoms with Crippen LogP contribution in [-0.4, -0.2) is 81.7 Å². The van der Waals surface area contributed by atoms with Gasteiger partial charge in [0.25, 0.3) is 5.91 Å². The van der Waals surface area contributed by atoms with Crippen LogP contribution in [0.5, 0.6) is 5.75 Å². The van der Waals surface area contributed by atoms with Gasteiger partial charge in [0.1, 0.15) is 5.75 Å². The van der Waals surface area contributed by atoms with Crippen molar-refractivity contribution in [3.05, 3.63) is 29.8 Å². The molecule has 1 aromatic carbocycles. The Kier molecular flexibility index (Phi) is 11.1. The van der Waals surface area contributed by atoms with E-state index in [4.69, 9.17) is 24.1 Å². The summed E-state index contributed by atoms with van der Waals surface area (Å²) in [5, 5.41) is 9.13. The average molecular weight is 383 g/mol. The van der Waals surface area contributed by atoms with Gasteiger partial charge in [0.2, 0.25) is 0 Å². The Morgan fingerprint density at radius 2 is 1.67 bits per heavy atom. The van der Waals surface area contributed by atoms with Crippen LogP contribution in [-0.2, 0) is 30.2 Å². The van der Waals surface area contributed by atoms with Gasteiger partial charge >= 0.3 is 5.97 Å². The number of carbonyl (C=O) groups is 2. The molecule has 0 aliphatic rings. The Balaban J connectivity index is 2.56. The van der Waals surface area contributed by atoms with Crippen LogP contribution in [0.1, 0.15) is 12.5 Å². The normalized spacial score (nSPS) is 11.8. The molecule has 8 heteroatoms. The lowest BCUT2D eigenvalue weighted by molar-refractivity contribution is -0.150. The van der Waals surface area contributed by atoms with Crippen molar-refractivity contribution in [1.29, 1.82) is 0 Å². The summed E-state index contributed by atoms with van der Waals surface area (Å²) in [7, 11) is 3.16. The van der Waals surface area contributed by atoms with Gasteiger partial charge in [0.15, 0.2) is 12.7 Å². The van der Waals surface area contributed by atoms with Crippen LogP contribution in [0.25, 0.3) is 0 Å². The molecule has 0 heterocycles. The Morgan fingerprint density at radius 1 is 1.07 bits per heavy atom. The van der Waals surface area contributed by atoms with Gasteiger partial charge in [-0.15, -0.1) is 0 Å². The summed E-state index contributed by atoms with van der Waals surface area (Å²) in [5.41, 5.74) is 0.816. The van der Waals surface area contributed by atoms with E-state index in [0.717, 1.165) is 5.56 Å². The van der Waals surface area contributed by atoms with E-state index in [9.17, 15) is 9.59 Å². The first kappa shape index (κ1) is 22.9. The number of amides is 1. The Hall–Kier alpha value is -2.16. The lowest BCUT2D eigenvalue weighted by Crippen LogP contribution is -2.39. The summed E-state index contributed by atoms with van der Waals surface area (Å²) in [6.45, 7) is 3.81. The quantitative estimate of drug-likeness (QED) is 0.516. The third kappa shape index (κ3) is 8.85. The maximum Gasteiger partial charge on any atom is 0.333 e. The van der Waals surface area contributed by atoms with E-state index in [0.29, 0.717) is 38.7 Å². The topological polar surface area (TPSA) is 94.5 Å². The Labute approximate surface area is 160 Å². The van der Waals surface area contributed by atoms with Crippen LogP contribution in [0, 0.1) is 0 Å². The van der Waals surface area contributed by atoms with Gasteiger partial charge in [-0.25, -0.2) is 4.79 Å². The Bertz CT molecular complexity index is 554. The predicted molar refractivity (Wildman–Crippen MR) is 99.0 cm³/mol. The van der Waals surface area contributed by atoms with Crippen molar-refractivity contribution in [2.24, 2.45) is 0 Å². The van der Waals surface area contributed by atoms with Crippen LogP contribution >= 0.6 is 0 Å². The zero-order valence-corrected chi connectivity index (χ0v) is 16.2. The SMILES string of the molecule is CCO[C@@H](Cc1ccc(OCC(=O)N(CCOC)CCOC)cc1)C(=O)O. The Morgan fingerprint density at radius 3 is 2.15 bits per heavy atom. The van der Waals surface area contributed by atoms with Gasteiger partial charge in [-0.05, 0) is 24.6 Å². The van der Waals surface area contributed by atoms with Crippen molar-refractivity contribution in [3.63, 3.8) is 0 Å². The second-order valence-corrected chi connectivity index (χ2v) is 5.79. The van der Waals surface area contributed by atoms with Crippen LogP contribution in [0.2, 0.25) is 0 Å². The molecule has 0 aromatic heterocycles. The second kappa shape index (κ2) is 13.1. The molecular formula is C19H29NO7. The smallest absolute Gasteiger partial charge is 0.333 e. The summed E-state index contributed by atoms with van der Waals surface area (Å²) in [4.78, 5) is 25.1. The number of aliphatic carboxylic acids is 1. The molecule has 0 bridgehead atoms. The van der Waals surface area contributed by atoms with E-state index >= 15 is 0 Å². The number of carbonyl (C=O) groups excluding carboxylic acids is 1. The number of hydrogen-bond acceptors (Lipinski definition) is 6. The largest absolute Gasteiger partial charge is 0.484 e. The lowest BCUT2D eigenvalue weighted by atomic mass is 10.1. The van der Waals surface area contributed by atoms with Gasteiger partial charge in [-0.1, -0.05) is 12.1 Å². The fourth-order valence-electron chi connectivity index (χ4n) is 2.36. The summed E-state index contributed by atoms with van der Waals surface area (Å²) >= 11 is 0. The molecule has 0 saturated heterocycles. The summed E-state index contributed by atoms with van der Waals surface area (Å²) in [5.74, 6) is -0.612. The van der Waals surface area contributed by atoms with E-state index in [1.165, 1.54) is 0 Å². The highest BCUT2D eigenvalue weighted by Gasteiger charge is 2.18. The van der Waals surface area contributed by atoms with Gasteiger partial charge in [0.05, 0.1) is 13.2 Å². The van der Waals surface area contributed by atoms with E-state index in [-0.39, 0.29) is 18.9 Å². The molecule has 0 spiro atoms. The molecule has 8 nitrogen and oxygen atoms in total. The number of benzene rings is 1. The minimum Gasteiger partial charge on any atom is -0.484 e. The second-order valence-electron chi connectivity index (χ2n) is 5.79. The maximum atomic E-state index is 12.3. The first-order valence-electron chi connectivity index (χ1n) is 8.83. The minimum absolute atomic E-state index is 0.0938. The van der Waals surface area contributed by atoms with E-state index in [1.54, 1.807) is 50.3 Å². The van der Waals surface area contributed by atoms with Crippen molar-refractivity contribution in [2.45, 2.75) is 19.4 Å². The molecule has 0 aliphatic heterocycles. The molecular weight excluding hydrogens is 354 g/mol. The third-order valence-corrected chi connectivity index (χ3v) is 3.83. The van der Waals surface area contributed by atoms with Crippen molar-refractivity contribution in [3.8, 4) is 5.75 Å². The fourth-order valence-corrected chi connectivity index (χ4v) is 2.36. The van der Waals surface area contributed by atoms with Crippen molar-refractivity contribution in [1.82, 2.24) is 4.90 Å². The first-order valence-corrected chi connectivity index (χ1v) is 8.83. The highest BCUT2D eigenvalue weighted by Crippen LogP contribution is 2.15. The van der Waals surface area contributed by atoms with Gasteiger partial charge in [0, 0.05) is 40.3 Å². The molecule has 27 heavy (non-hydrogen) atoms. The lowest BCUT2D eigenvalue weighted by Gasteiger charge is -2.22. The summed E-state index contributed by atoms with van der Waals surface area (Å²) in [6.07, 6.45) is -0.608. The van der Waals surface area contributed by atoms with Crippen LogP contribution in [0.15, 0.2) is 24.3 Å². The molecule has 1 rings (SSSR count). The van der Waals surface area contributed by atoms with E-state index in [1.807, 2.05) is 0 Å². The molecule has 152 valence electrons. The first-order chi connectivity index (χ1) is 13.0. The standard InChI is InChI=1S/C19H29NO7/c1-4-26-17(19(22)23)13-15-5-7-16(8-6-15)27-14-18(21)20(9-11-24-2)10-12-25-3/h5-8,17H,4,9-14H2,1-3H3,(H,22,23)/t17-/m0/s1. The summed E-state index contributed by atoms with van der Waals surface area (Å²) in [6, 6.07) is 6.95. The highest BCUT2D eigenvalue weighted by atomic mass is 16.5. The number of rotatable bonds is 14. The molecule has 0 fully saturated rings. The molecule has 0 aliphatic carbocycles. The zero-order valence-electron chi connectivity index (χ0n) is 16.2. The van der Waals surface area contributed by atoms with Gasteiger partial charge in [-0.3, -0.25) is 4.79 Å². The minimum atomic E-state index is -0.991. The molecule has 1 amide bonds. The predicted octanol–water partition coefficient (Wildman–Crippen LogP) is 1.22. The maximum absolute atomic E-state index is 12.3. The number of carboxylic acid groups (broad SMARTS) is 1. The zero-order chi connectivity index (χ0) is 20.1. The number of ether oxygens (including phenoxy) is 4. The third-order valence-electron chi connectivity index (χ3n) is 3.83. The fraction of sp³-hybridized carbons (Fsp3) is 0.579. The van der Waals surface area contributed by atoms with Crippen LogP contribution < -0.4 is 4.74 Å². The van der Waals surface area contributed by atoms with E-state index < -0.39 is 12.1 Å². The molecule has 0 unspecified atom stereocenters. The molecule has 0 radical (unpaired) electrons. The molecule has 1 N–H and O–H groups in total. The number of carboxylic acids is 1. The average Bonchev–Trinajstić information content (AvgIpc) is 2.66. The van der Waals surface area contributed by atoms with Crippen molar-refractivity contribution >= 4 is 11.9 Å². The molecule has 1 atom stereocenters. The van der Waals surface area contributed by atoms with Crippen molar-refractivity contribution in [2.75, 3.05) is 53.7 Å².